The van der Waals surface area contributed by atoms with Crippen LogP contribution in [0.5, 0.6) is 0 Å². The number of carbonyl (C=O) groups is 2. The Morgan fingerprint density at radius 1 is 1.11 bits per heavy atom. The molecule has 0 aliphatic carbocycles. The van der Waals surface area contributed by atoms with E-state index in [1.54, 1.807) is 0 Å². The highest BCUT2D eigenvalue weighted by Crippen LogP contribution is 2.18. The van der Waals surface area contributed by atoms with Gasteiger partial charge in [0.15, 0.2) is 0 Å². The molecular weight excluding hydrogens is 242 g/mol. The minimum atomic E-state index is -0.391. The van der Waals surface area contributed by atoms with Crippen LogP contribution in [0.25, 0.3) is 0 Å². The predicted molar refractivity (Wildman–Crippen MR) is 74.4 cm³/mol. The smallest absolute Gasteiger partial charge is 0.333 e. The van der Waals surface area contributed by atoms with Gasteiger partial charge in [-0.2, -0.15) is 0 Å². The Morgan fingerprint density at radius 2 is 1.79 bits per heavy atom. The normalized spacial score (nSPS) is 11.5. The third-order valence-electron chi connectivity index (χ3n) is 2.76. The Hall–Kier alpha value is -2.04. The molecule has 0 heterocycles. The first-order valence-electron chi connectivity index (χ1n) is 6.57. The van der Waals surface area contributed by atoms with E-state index in [1.165, 1.54) is 0 Å². The van der Waals surface area contributed by atoms with E-state index in [4.69, 9.17) is 0 Å². The number of hydrogen-bond acceptors (Lipinski definition) is 2. The molecule has 0 saturated carbocycles. The molecule has 5 nitrogen and oxygen atoms in total. The van der Waals surface area contributed by atoms with E-state index in [0.717, 1.165) is 12.0 Å². The Bertz CT molecular complexity index is 406. The van der Waals surface area contributed by atoms with Gasteiger partial charge in [-0.15, -0.1) is 0 Å². The van der Waals surface area contributed by atoms with Crippen molar-refractivity contribution in [1.82, 2.24) is 16.2 Å². The molecule has 1 atom stereocenters. The topological polar surface area (TPSA) is 70.2 Å². The van der Waals surface area contributed by atoms with Crippen LogP contribution in [0, 0.1) is 0 Å². The van der Waals surface area contributed by atoms with Crippen molar-refractivity contribution in [1.29, 1.82) is 0 Å². The molecule has 0 aromatic heterocycles. The fourth-order valence-corrected chi connectivity index (χ4v) is 1.75. The highest BCUT2D eigenvalue weighted by molar-refractivity contribution is 5.86. The van der Waals surface area contributed by atoms with Gasteiger partial charge in [-0.3, -0.25) is 10.2 Å². The highest BCUT2D eigenvalue weighted by atomic mass is 16.2. The lowest BCUT2D eigenvalue weighted by molar-refractivity contribution is -0.123. The highest BCUT2D eigenvalue weighted by Gasteiger charge is 2.18. The molecule has 3 amide bonds. The summed E-state index contributed by atoms with van der Waals surface area (Å²) < 4.78 is 0. The fourth-order valence-electron chi connectivity index (χ4n) is 1.75. The molecular formula is C14H21N3O2. The summed E-state index contributed by atoms with van der Waals surface area (Å²) in [7, 11) is 0. The van der Waals surface area contributed by atoms with Crippen molar-refractivity contribution in [3.63, 3.8) is 0 Å². The zero-order valence-corrected chi connectivity index (χ0v) is 11.4. The maximum Gasteiger partial charge on any atom is 0.333 e. The van der Waals surface area contributed by atoms with Gasteiger partial charge in [0, 0.05) is 6.54 Å². The first-order chi connectivity index (χ1) is 9.19. The van der Waals surface area contributed by atoms with E-state index in [9.17, 15) is 9.59 Å². The standard InChI is InChI=1S/C14H21N3O2/c1-3-10-15-14(19)17-16-13(18)12(4-2)11-8-6-5-7-9-11/h5-9,12H,3-4,10H2,1-2H3,(H,16,18)(H2,15,17,19)/t12-/m0/s1. The second-order valence-corrected chi connectivity index (χ2v) is 4.24. The Balaban J connectivity index is 2.49. The molecule has 0 fully saturated rings. The second-order valence-electron chi connectivity index (χ2n) is 4.24. The van der Waals surface area contributed by atoms with E-state index in [-0.39, 0.29) is 11.8 Å². The van der Waals surface area contributed by atoms with Gasteiger partial charge in [-0.1, -0.05) is 44.2 Å². The van der Waals surface area contributed by atoms with E-state index >= 15 is 0 Å². The molecule has 104 valence electrons. The quantitative estimate of drug-likeness (QED) is 0.710. The first-order valence-corrected chi connectivity index (χ1v) is 6.57. The van der Waals surface area contributed by atoms with Gasteiger partial charge in [-0.05, 0) is 18.4 Å². The van der Waals surface area contributed by atoms with Gasteiger partial charge in [0.2, 0.25) is 5.91 Å². The van der Waals surface area contributed by atoms with Crippen LogP contribution in [-0.4, -0.2) is 18.5 Å². The van der Waals surface area contributed by atoms with Gasteiger partial charge < -0.3 is 5.32 Å². The van der Waals surface area contributed by atoms with E-state index in [0.29, 0.717) is 13.0 Å². The summed E-state index contributed by atoms with van der Waals surface area (Å²) in [4.78, 5) is 23.3. The van der Waals surface area contributed by atoms with Gasteiger partial charge in [0.1, 0.15) is 0 Å². The number of urea groups is 1. The zero-order valence-electron chi connectivity index (χ0n) is 11.4. The predicted octanol–water partition coefficient (Wildman–Crippen LogP) is 1.92. The van der Waals surface area contributed by atoms with Crippen molar-refractivity contribution >= 4 is 11.9 Å². The van der Waals surface area contributed by atoms with Crippen LogP contribution >= 0.6 is 0 Å². The Labute approximate surface area is 113 Å². The van der Waals surface area contributed by atoms with Crippen molar-refractivity contribution in [2.24, 2.45) is 0 Å². The van der Waals surface area contributed by atoms with Gasteiger partial charge in [0.25, 0.3) is 0 Å². The van der Waals surface area contributed by atoms with Crippen LogP contribution in [0.1, 0.15) is 38.2 Å². The maximum atomic E-state index is 12.0. The number of hydrazine groups is 1. The summed E-state index contributed by atoms with van der Waals surface area (Å²) >= 11 is 0. The third-order valence-corrected chi connectivity index (χ3v) is 2.76. The van der Waals surface area contributed by atoms with Gasteiger partial charge in [-0.25, -0.2) is 10.2 Å². The summed E-state index contributed by atoms with van der Waals surface area (Å²) in [5.41, 5.74) is 5.73. The Morgan fingerprint density at radius 3 is 2.37 bits per heavy atom. The number of rotatable bonds is 5. The average Bonchev–Trinajstić information content (AvgIpc) is 2.45. The molecule has 1 aromatic rings. The lowest BCUT2D eigenvalue weighted by atomic mass is 9.96. The average molecular weight is 263 g/mol. The molecule has 3 N–H and O–H groups in total. The summed E-state index contributed by atoms with van der Waals surface area (Å²) in [5, 5.41) is 2.62. The number of nitrogens with one attached hydrogen (secondary N) is 3. The van der Waals surface area contributed by atoms with Crippen LogP contribution in [0.15, 0.2) is 30.3 Å². The summed E-state index contributed by atoms with van der Waals surface area (Å²) in [6.45, 7) is 4.48. The molecule has 19 heavy (non-hydrogen) atoms. The number of hydrogen-bond donors (Lipinski definition) is 3. The molecule has 5 heteroatoms. The second kappa shape index (κ2) is 8.13. The van der Waals surface area contributed by atoms with Crippen molar-refractivity contribution in [3.05, 3.63) is 35.9 Å². The summed E-state index contributed by atoms with van der Waals surface area (Å²) in [6.07, 6.45) is 1.52. The summed E-state index contributed by atoms with van der Waals surface area (Å²) in [5.74, 6) is -0.465. The number of carbonyl (C=O) groups excluding carboxylic acids is 2. The minimum absolute atomic E-state index is 0.208. The van der Waals surface area contributed by atoms with Crippen molar-refractivity contribution in [3.8, 4) is 0 Å². The van der Waals surface area contributed by atoms with E-state index < -0.39 is 6.03 Å². The molecule has 0 aliphatic heterocycles. The SMILES string of the molecule is CCCNC(=O)NNC(=O)[C@@H](CC)c1ccccc1. The molecule has 0 saturated heterocycles. The molecule has 0 radical (unpaired) electrons. The van der Waals surface area contributed by atoms with Gasteiger partial charge in [0.05, 0.1) is 5.92 Å². The van der Waals surface area contributed by atoms with Gasteiger partial charge >= 0.3 is 6.03 Å². The Kier molecular flexibility index (Phi) is 6.43. The maximum absolute atomic E-state index is 12.0. The lowest BCUT2D eigenvalue weighted by Gasteiger charge is -2.16. The number of amides is 3. The fraction of sp³-hybridized carbons (Fsp3) is 0.429. The number of benzene rings is 1. The summed E-state index contributed by atoms with van der Waals surface area (Å²) in [6, 6.07) is 9.12. The molecule has 0 aliphatic rings. The van der Waals surface area contributed by atoms with Crippen LogP contribution in [0.3, 0.4) is 0 Å². The van der Waals surface area contributed by atoms with E-state index in [1.807, 2.05) is 44.2 Å². The molecule has 0 spiro atoms. The monoisotopic (exact) mass is 263 g/mol. The first kappa shape index (κ1) is 15.0. The van der Waals surface area contributed by atoms with Crippen LogP contribution in [0.2, 0.25) is 0 Å². The lowest BCUT2D eigenvalue weighted by Crippen LogP contribution is -2.48. The van der Waals surface area contributed by atoms with Crippen molar-refractivity contribution in [2.75, 3.05) is 6.54 Å². The van der Waals surface area contributed by atoms with E-state index in [2.05, 4.69) is 16.2 Å². The zero-order chi connectivity index (χ0) is 14.1. The molecule has 1 aromatic carbocycles. The van der Waals surface area contributed by atoms with Crippen LogP contribution in [0.4, 0.5) is 4.79 Å². The van der Waals surface area contributed by atoms with Crippen molar-refractivity contribution in [2.45, 2.75) is 32.6 Å². The third kappa shape index (κ3) is 4.99. The van der Waals surface area contributed by atoms with Crippen LogP contribution in [-0.2, 0) is 4.79 Å². The largest absolute Gasteiger partial charge is 0.337 e. The molecule has 0 unspecified atom stereocenters. The molecule has 0 bridgehead atoms. The molecule has 1 rings (SSSR count). The minimum Gasteiger partial charge on any atom is -0.337 e. The van der Waals surface area contributed by atoms with Crippen molar-refractivity contribution < 1.29 is 9.59 Å². The van der Waals surface area contributed by atoms with Crippen LogP contribution < -0.4 is 16.2 Å².